The second-order valence-electron chi connectivity index (χ2n) is 5.07. The van der Waals surface area contributed by atoms with Crippen molar-refractivity contribution in [3.63, 3.8) is 0 Å². The van der Waals surface area contributed by atoms with Crippen molar-refractivity contribution in [2.45, 2.75) is 11.8 Å². The molecule has 0 radical (unpaired) electrons. The van der Waals surface area contributed by atoms with Gasteiger partial charge in [-0.3, -0.25) is 0 Å². The van der Waals surface area contributed by atoms with Gasteiger partial charge in [0.2, 0.25) is 5.60 Å². The largest absolute Gasteiger partial charge is 0.424 e. The van der Waals surface area contributed by atoms with Crippen molar-refractivity contribution < 1.29 is 22.7 Å². The van der Waals surface area contributed by atoms with Gasteiger partial charge in [0, 0.05) is 24.8 Å². The number of hydrogen-bond acceptors (Lipinski definition) is 4. The van der Waals surface area contributed by atoms with Gasteiger partial charge in [-0.05, 0) is 30.3 Å². The molecule has 0 aliphatic carbocycles. The standard InChI is InChI=1S/C15H14ClF4N3O/c1-22-9-5-12(8-2-3-11(17)10(16)4-8)23-13(6-9)14(24,7-21)15(18,19)20/h2-6,24H,7,21H2,1H3,(H,22,23). The summed E-state index contributed by atoms with van der Waals surface area (Å²) >= 11 is 5.70. The van der Waals surface area contributed by atoms with E-state index in [0.717, 1.165) is 12.1 Å². The van der Waals surface area contributed by atoms with Gasteiger partial charge in [-0.1, -0.05) is 11.6 Å². The van der Waals surface area contributed by atoms with Crippen molar-refractivity contribution in [1.29, 1.82) is 0 Å². The van der Waals surface area contributed by atoms with Crippen LogP contribution >= 0.6 is 11.6 Å². The lowest BCUT2D eigenvalue weighted by Gasteiger charge is -2.29. The van der Waals surface area contributed by atoms with E-state index in [1.807, 2.05) is 0 Å². The molecule has 0 saturated carbocycles. The summed E-state index contributed by atoms with van der Waals surface area (Å²) in [6.45, 7) is -1.10. The first-order chi connectivity index (χ1) is 11.1. The van der Waals surface area contributed by atoms with E-state index in [-0.39, 0.29) is 16.4 Å². The van der Waals surface area contributed by atoms with Crippen LogP contribution in [0.25, 0.3) is 11.3 Å². The van der Waals surface area contributed by atoms with E-state index in [0.29, 0.717) is 5.56 Å². The zero-order valence-corrected chi connectivity index (χ0v) is 13.2. The zero-order chi connectivity index (χ0) is 18.1. The first-order valence-corrected chi connectivity index (χ1v) is 7.15. The third kappa shape index (κ3) is 3.31. The van der Waals surface area contributed by atoms with E-state index < -0.39 is 29.8 Å². The lowest BCUT2D eigenvalue weighted by atomic mass is 9.97. The summed E-state index contributed by atoms with van der Waals surface area (Å²) in [7, 11) is 1.50. The van der Waals surface area contributed by atoms with Gasteiger partial charge >= 0.3 is 6.18 Å². The molecule has 1 aromatic heterocycles. The maximum absolute atomic E-state index is 13.3. The molecule has 1 aromatic carbocycles. The normalized spacial score (nSPS) is 14.3. The molecular weight excluding hydrogens is 350 g/mol. The number of rotatable bonds is 4. The van der Waals surface area contributed by atoms with E-state index >= 15 is 0 Å². The Kier molecular flexibility index (Phi) is 5.03. The molecule has 2 rings (SSSR count). The molecule has 24 heavy (non-hydrogen) atoms. The average Bonchev–Trinajstić information content (AvgIpc) is 2.54. The van der Waals surface area contributed by atoms with Crippen LogP contribution in [0.15, 0.2) is 30.3 Å². The first-order valence-electron chi connectivity index (χ1n) is 6.77. The van der Waals surface area contributed by atoms with Crippen LogP contribution in [0, 0.1) is 5.82 Å². The Morgan fingerprint density at radius 3 is 2.42 bits per heavy atom. The number of hydrogen-bond donors (Lipinski definition) is 3. The number of benzene rings is 1. The lowest BCUT2D eigenvalue weighted by molar-refractivity contribution is -0.263. The van der Waals surface area contributed by atoms with Gasteiger partial charge in [0.15, 0.2) is 0 Å². The molecule has 1 unspecified atom stereocenters. The summed E-state index contributed by atoms with van der Waals surface area (Å²) < 4.78 is 52.9. The molecule has 0 bridgehead atoms. The number of aromatic nitrogens is 1. The molecule has 4 nitrogen and oxygen atoms in total. The van der Waals surface area contributed by atoms with Crippen molar-refractivity contribution >= 4 is 17.3 Å². The van der Waals surface area contributed by atoms with E-state index in [1.54, 1.807) is 0 Å². The number of nitrogens with zero attached hydrogens (tertiary/aromatic N) is 1. The second-order valence-corrected chi connectivity index (χ2v) is 5.47. The van der Waals surface area contributed by atoms with Crippen LogP contribution in [-0.2, 0) is 5.60 Å². The number of halogens is 5. The summed E-state index contributed by atoms with van der Waals surface area (Å²) in [4.78, 5) is 3.86. The van der Waals surface area contributed by atoms with Crippen LogP contribution in [0.4, 0.5) is 23.2 Å². The number of nitrogens with two attached hydrogens (primary N) is 1. The maximum Gasteiger partial charge on any atom is 0.424 e. The lowest BCUT2D eigenvalue weighted by Crippen LogP contribution is -2.49. The smallest absolute Gasteiger partial charge is 0.388 e. The maximum atomic E-state index is 13.3. The van der Waals surface area contributed by atoms with E-state index in [9.17, 15) is 22.7 Å². The zero-order valence-electron chi connectivity index (χ0n) is 12.5. The molecule has 0 aliphatic heterocycles. The molecule has 0 saturated heterocycles. The third-order valence-electron chi connectivity index (χ3n) is 3.52. The van der Waals surface area contributed by atoms with E-state index in [1.165, 1.54) is 25.2 Å². The van der Waals surface area contributed by atoms with Crippen LogP contribution in [0.1, 0.15) is 5.69 Å². The van der Waals surface area contributed by atoms with Gasteiger partial charge in [0.05, 0.1) is 16.4 Å². The quantitative estimate of drug-likeness (QED) is 0.729. The number of alkyl halides is 3. The van der Waals surface area contributed by atoms with Crippen LogP contribution in [0.5, 0.6) is 0 Å². The Morgan fingerprint density at radius 1 is 1.25 bits per heavy atom. The predicted molar refractivity (Wildman–Crippen MR) is 83.2 cm³/mol. The Balaban J connectivity index is 2.65. The van der Waals surface area contributed by atoms with Crippen LogP contribution in [0.2, 0.25) is 5.02 Å². The Bertz CT molecular complexity index is 754. The number of nitrogens with one attached hydrogen (secondary N) is 1. The van der Waals surface area contributed by atoms with Gasteiger partial charge in [-0.15, -0.1) is 0 Å². The van der Waals surface area contributed by atoms with Crippen LogP contribution in [0.3, 0.4) is 0 Å². The van der Waals surface area contributed by atoms with Crippen LogP contribution < -0.4 is 11.1 Å². The van der Waals surface area contributed by atoms with Crippen molar-refractivity contribution in [2.24, 2.45) is 5.73 Å². The van der Waals surface area contributed by atoms with E-state index in [4.69, 9.17) is 17.3 Å². The summed E-state index contributed by atoms with van der Waals surface area (Å²) in [6.07, 6.45) is -5.02. The monoisotopic (exact) mass is 363 g/mol. The number of aliphatic hydroxyl groups is 1. The minimum Gasteiger partial charge on any atom is -0.388 e. The molecule has 1 heterocycles. The molecular formula is C15H14ClF4N3O. The van der Waals surface area contributed by atoms with Gasteiger partial charge in [0.1, 0.15) is 5.82 Å². The summed E-state index contributed by atoms with van der Waals surface area (Å²) in [5, 5.41) is 12.5. The Hall–Kier alpha value is -1.90. The molecule has 0 aliphatic rings. The van der Waals surface area contributed by atoms with Crippen molar-refractivity contribution in [2.75, 3.05) is 18.9 Å². The van der Waals surface area contributed by atoms with Gasteiger partial charge in [-0.25, -0.2) is 9.37 Å². The fraction of sp³-hybridized carbons (Fsp3) is 0.267. The highest BCUT2D eigenvalue weighted by Gasteiger charge is 2.55. The Morgan fingerprint density at radius 2 is 1.92 bits per heavy atom. The fourth-order valence-corrected chi connectivity index (χ4v) is 2.24. The molecule has 0 spiro atoms. The molecule has 4 N–H and O–H groups in total. The molecule has 1 atom stereocenters. The molecule has 0 fully saturated rings. The first kappa shape index (κ1) is 18.4. The average molecular weight is 364 g/mol. The topological polar surface area (TPSA) is 71.2 Å². The SMILES string of the molecule is CNc1cc(-c2ccc(F)c(Cl)c2)nc(C(O)(CN)C(F)(F)F)c1. The van der Waals surface area contributed by atoms with Crippen LogP contribution in [-0.4, -0.2) is 29.9 Å². The Labute approximate surface area is 140 Å². The molecule has 0 amide bonds. The van der Waals surface area contributed by atoms with E-state index in [2.05, 4.69) is 10.3 Å². The second kappa shape index (κ2) is 6.54. The highest BCUT2D eigenvalue weighted by molar-refractivity contribution is 6.31. The molecule has 2 aromatic rings. The summed E-state index contributed by atoms with van der Waals surface area (Å²) in [6, 6.07) is 6.12. The minimum absolute atomic E-state index is 0.0786. The molecule has 130 valence electrons. The predicted octanol–water partition coefficient (Wildman–Crippen LogP) is 3.29. The highest BCUT2D eigenvalue weighted by Crippen LogP contribution is 2.39. The minimum atomic E-state index is -5.02. The third-order valence-corrected chi connectivity index (χ3v) is 3.81. The van der Waals surface area contributed by atoms with Gasteiger partial charge in [0.25, 0.3) is 0 Å². The number of anilines is 1. The highest BCUT2D eigenvalue weighted by atomic mass is 35.5. The number of pyridine rings is 1. The summed E-state index contributed by atoms with van der Waals surface area (Å²) in [5.74, 6) is -0.667. The summed E-state index contributed by atoms with van der Waals surface area (Å²) in [5.41, 5.74) is 1.82. The van der Waals surface area contributed by atoms with Crippen molar-refractivity contribution in [3.8, 4) is 11.3 Å². The van der Waals surface area contributed by atoms with Gasteiger partial charge in [-0.2, -0.15) is 13.2 Å². The van der Waals surface area contributed by atoms with Crippen molar-refractivity contribution in [1.82, 2.24) is 4.98 Å². The fourth-order valence-electron chi connectivity index (χ4n) is 2.06. The molecule has 9 heteroatoms. The van der Waals surface area contributed by atoms with Gasteiger partial charge < -0.3 is 16.2 Å². The van der Waals surface area contributed by atoms with Crippen molar-refractivity contribution in [3.05, 3.63) is 46.9 Å².